The average molecular weight is 764 g/mol. The molecule has 0 spiro atoms. The van der Waals surface area contributed by atoms with E-state index in [4.69, 9.17) is 87.6 Å². The molecule has 1 N–H and O–H groups in total. The third-order valence-electron chi connectivity index (χ3n) is 6.28. The fourth-order valence-corrected chi connectivity index (χ4v) is 4.77. The molecule has 0 aromatic carbocycles. The van der Waals surface area contributed by atoms with Crippen LogP contribution in [0.25, 0.3) is 10.4 Å². The molecule has 10 atom stereocenters. The van der Waals surface area contributed by atoms with Gasteiger partial charge in [-0.15, -0.1) is 0 Å². The van der Waals surface area contributed by atoms with Crippen LogP contribution >= 0.6 is 34.8 Å². The van der Waals surface area contributed by atoms with E-state index in [2.05, 4.69) is 10.0 Å². The standard InChI is InChI=1S/C26H33Cl3N4O16/c1-9(34)40-7-15-18(20(43-12(4)37)17(32-33-31)23(46-15)49-25(30)26(27,28)29)48-24-22(45-14(6)39)21(44-13(5)38)19(42-11(3)36)16(47-24)8-41-10(2)35/h15-24,30H,7-8H2,1-6H3/t15?,16?,17?,18-,19-,20-,21+,22?,23-,24+/m1/s1. The van der Waals surface area contributed by atoms with E-state index >= 15 is 0 Å². The van der Waals surface area contributed by atoms with E-state index in [0.29, 0.717) is 0 Å². The van der Waals surface area contributed by atoms with Gasteiger partial charge in [0.25, 0.3) is 3.79 Å². The summed E-state index contributed by atoms with van der Waals surface area (Å²) in [6, 6.07) is -1.72. The highest BCUT2D eigenvalue weighted by Crippen LogP contribution is 2.37. The molecule has 0 amide bonds. The number of carbonyl (C=O) groups excluding carboxylic acids is 6. The van der Waals surface area contributed by atoms with E-state index in [0.717, 1.165) is 41.5 Å². The van der Waals surface area contributed by atoms with Gasteiger partial charge in [0.05, 0.1) is 0 Å². The lowest BCUT2D eigenvalue weighted by molar-refractivity contribution is -0.345. The summed E-state index contributed by atoms with van der Waals surface area (Å²) in [6.07, 6.45) is -15.1. The minimum atomic E-state index is -2.44. The number of nitrogens with zero attached hydrogens (tertiary/aromatic N) is 3. The van der Waals surface area contributed by atoms with Crippen molar-refractivity contribution in [1.29, 1.82) is 5.41 Å². The molecule has 23 heteroatoms. The van der Waals surface area contributed by atoms with Crippen LogP contribution < -0.4 is 0 Å². The number of hydrogen-bond donors (Lipinski definition) is 1. The largest absolute Gasteiger partial charge is 0.463 e. The van der Waals surface area contributed by atoms with Crippen LogP contribution in [0.1, 0.15) is 41.5 Å². The van der Waals surface area contributed by atoms with Gasteiger partial charge in [-0.1, -0.05) is 39.9 Å². The van der Waals surface area contributed by atoms with Crippen LogP contribution in [0.3, 0.4) is 0 Å². The molecule has 2 aliphatic heterocycles. The molecule has 2 rings (SSSR count). The molecule has 2 aliphatic rings. The number of alkyl halides is 3. The van der Waals surface area contributed by atoms with Crippen molar-refractivity contribution < 1.29 is 76.1 Å². The normalized spacial score (nSPS) is 29.6. The first-order valence-electron chi connectivity index (χ1n) is 14.0. The highest BCUT2D eigenvalue weighted by atomic mass is 35.6. The quantitative estimate of drug-likeness (QED) is 0.0433. The Balaban J connectivity index is 2.75. The molecule has 2 heterocycles. The number of hydrogen-bond acceptors (Lipinski definition) is 18. The van der Waals surface area contributed by atoms with Crippen LogP contribution in [0.15, 0.2) is 5.11 Å². The Morgan fingerprint density at radius 3 is 1.53 bits per heavy atom. The van der Waals surface area contributed by atoms with E-state index in [-0.39, 0.29) is 0 Å². The first kappa shape index (κ1) is 41.5. The van der Waals surface area contributed by atoms with Crippen LogP contribution in [-0.2, 0) is 76.1 Å². The van der Waals surface area contributed by atoms with Gasteiger partial charge in [0.2, 0.25) is 12.2 Å². The molecule has 274 valence electrons. The zero-order chi connectivity index (χ0) is 37.2. The third-order valence-corrected chi connectivity index (χ3v) is 6.80. The lowest BCUT2D eigenvalue weighted by Crippen LogP contribution is -2.66. The summed E-state index contributed by atoms with van der Waals surface area (Å²) in [5, 5.41) is 11.6. The summed E-state index contributed by atoms with van der Waals surface area (Å²) < 4.78 is 52.6. The fourth-order valence-electron chi connectivity index (χ4n) is 4.63. The molecule has 0 radical (unpaired) electrons. The highest BCUT2D eigenvalue weighted by Gasteiger charge is 2.57. The Bertz CT molecular complexity index is 1330. The third kappa shape index (κ3) is 12.6. The highest BCUT2D eigenvalue weighted by molar-refractivity contribution is 6.76. The van der Waals surface area contributed by atoms with Crippen LogP contribution in [0.4, 0.5) is 0 Å². The molecule has 0 bridgehead atoms. The van der Waals surface area contributed by atoms with Gasteiger partial charge < -0.3 is 47.4 Å². The van der Waals surface area contributed by atoms with Gasteiger partial charge in [0.15, 0.2) is 24.6 Å². The lowest BCUT2D eigenvalue weighted by atomic mass is 9.95. The number of halogens is 3. The molecule has 0 aromatic rings. The maximum Gasteiger partial charge on any atom is 0.303 e. The molecule has 0 aliphatic carbocycles. The first-order chi connectivity index (χ1) is 22.7. The average Bonchev–Trinajstić information content (AvgIpc) is 2.95. The predicted octanol–water partition coefficient (Wildman–Crippen LogP) is 1.72. The van der Waals surface area contributed by atoms with Crippen LogP contribution in [0, 0.1) is 5.41 Å². The summed E-state index contributed by atoms with van der Waals surface area (Å²) in [6.45, 7) is 4.83. The molecular formula is C26H33Cl3N4O16. The summed E-state index contributed by atoms with van der Waals surface area (Å²) in [4.78, 5) is 75.2. The number of azide groups is 1. The van der Waals surface area contributed by atoms with Crippen molar-refractivity contribution in [2.45, 2.75) is 107 Å². The number of carbonyl (C=O) groups is 6. The number of rotatable bonds is 12. The molecule has 0 aromatic heterocycles. The number of esters is 6. The van der Waals surface area contributed by atoms with Gasteiger partial charge in [0.1, 0.15) is 43.7 Å². The van der Waals surface area contributed by atoms with E-state index in [1.54, 1.807) is 0 Å². The Labute approximate surface area is 293 Å². The maximum atomic E-state index is 12.4. The van der Waals surface area contributed by atoms with Gasteiger partial charge >= 0.3 is 35.8 Å². The Hall–Kier alpha value is -3.65. The van der Waals surface area contributed by atoms with Gasteiger partial charge in [-0.05, 0) is 5.53 Å². The van der Waals surface area contributed by atoms with Crippen LogP contribution in [-0.4, -0.2) is 120 Å². The maximum absolute atomic E-state index is 12.4. The molecular weight excluding hydrogens is 731 g/mol. The van der Waals surface area contributed by atoms with Crippen molar-refractivity contribution in [3.63, 3.8) is 0 Å². The minimum absolute atomic E-state index is 0.612. The van der Waals surface area contributed by atoms with E-state index in [9.17, 15) is 34.3 Å². The smallest absolute Gasteiger partial charge is 0.303 e. The van der Waals surface area contributed by atoms with Crippen molar-refractivity contribution in [1.82, 2.24) is 0 Å². The fraction of sp³-hybridized carbons (Fsp3) is 0.731. The predicted molar refractivity (Wildman–Crippen MR) is 160 cm³/mol. The van der Waals surface area contributed by atoms with Gasteiger partial charge in [-0.25, -0.2) is 0 Å². The van der Waals surface area contributed by atoms with Gasteiger partial charge in [-0.3, -0.25) is 34.2 Å². The minimum Gasteiger partial charge on any atom is -0.463 e. The summed E-state index contributed by atoms with van der Waals surface area (Å²) in [5.41, 5.74) is 9.38. The SMILES string of the molecule is CC(=O)OCC1O[C@H](OC(=N)C(Cl)(Cl)Cl)C(N=[N+]=[N-])[C@@H](OC(C)=O)[C@@H]1O[C@@H]1OC(COC(C)=O)[C@@H](OC(C)=O)[C@H](OC(C)=O)C1OC(C)=O. The molecule has 2 fully saturated rings. The lowest BCUT2D eigenvalue weighted by Gasteiger charge is -2.48. The molecule has 49 heavy (non-hydrogen) atoms. The Morgan fingerprint density at radius 1 is 0.653 bits per heavy atom. The van der Waals surface area contributed by atoms with E-state index in [1.807, 2.05) is 0 Å². The molecule has 4 unspecified atom stereocenters. The van der Waals surface area contributed by atoms with Crippen LogP contribution in [0.2, 0.25) is 0 Å². The van der Waals surface area contributed by atoms with Crippen molar-refractivity contribution >= 4 is 76.5 Å². The second-order valence-corrected chi connectivity index (χ2v) is 12.5. The van der Waals surface area contributed by atoms with Crippen LogP contribution in [0.5, 0.6) is 0 Å². The first-order valence-corrected chi connectivity index (χ1v) is 15.2. The second kappa shape index (κ2) is 18.4. The zero-order valence-electron chi connectivity index (χ0n) is 26.7. The topological polar surface area (TPSA) is 267 Å². The summed E-state index contributed by atoms with van der Waals surface area (Å²) in [5.74, 6) is -6.36. The molecule has 20 nitrogen and oxygen atoms in total. The Morgan fingerprint density at radius 2 is 1.08 bits per heavy atom. The van der Waals surface area contributed by atoms with Crippen molar-refractivity contribution in [3.8, 4) is 0 Å². The molecule has 2 saturated heterocycles. The van der Waals surface area contributed by atoms with E-state index in [1.165, 1.54) is 0 Å². The van der Waals surface area contributed by atoms with Crippen molar-refractivity contribution in [2.24, 2.45) is 5.11 Å². The van der Waals surface area contributed by atoms with Gasteiger partial charge in [0, 0.05) is 46.5 Å². The Kier molecular flexibility index (Phi) is 15.6. The molecule has 0 saturated carbocycles. The van der Waals surface area contributed by atoms with Crippen molar-refractivity contribution in [2.75, 3.05) is 13.2 Å². The monoisotopic (exact) mass is 762 g/mol. The van der Waals surface area contributed by atoms with Crippen molar-refractivity contribution in [3.05, 3.63) is 10.4 Å². The second-order valence-electron chi connectivity index (χ2n) is 10.2. The summed E-state index contributed by atoms with van der Waals surface area (Å²) >= 11 is 17.2. The number of nitrogens with one attached hydrogen (secondary N) is 1. The summed E-state index contributed by atoms with van der Waals surface area (Å²) in [7, 11) is 0. The van der Waals surface area contributed by atoms with E-state index < -0.39 is 120 Å². The van der Waals surface area contributed by atoms with Gasteiger partial charge in [-0.2, -0.15) is 0 Å². The zero-order valence-corrected chi connectivity index (χ0v) is 29.0. The number of ether oxygens (including phenoxy) is 10.